The lowest BCUT2D eigenvalue weighted by atomic mass is 10.0. The van der Waals surface area contributed by atoms with E-state index in [1.165, 1.54) is 12.1 Å². The van der Waals surface area contributed by atoms with E-state index in [0.717, 1.165) is 102 Å². The summed E-state index contributed by atoms with van der Waals surface area (Å²) in [6, 6.07) is 26.3. The number of aromatic hydroxyl groups is 1. The summed E-state index contributed by atoms with van der Waals surface area (Å²) in [4.78, 5) is 4.45. The number of piperidine rings is 3. The van der Waals surface area contributed by atoms with Gasteiger partial charge in [0.15, 0.2) is 0 Å². The number of halogens is 10. The van der Waals surface area contributed by atoms with Crippen LogP contribution in [0.15, 0.2) is 91.0 Å². The summed E-state index contributed by atoms with van der Waals surface area (Å²) in [5, 5.41) is 50.4. The lowest BCUT2D eigenvalue weighted by Crippen LogP contribution is -2.47. The molecule has 0 unspecified atom stereocenters. The molecule has 0 aliphatic carbocycles. The number of aliphatic hydroxyl groups excluding tert-OH is 3. The standard InChI is InChI=1S/C24H31Cl3N2O4.C14H20Cl2N2O2.C9H8Cl2O2.C6H4Cl2O.C5H12N2.C3H5ClO/c1-16-10-20(2-4-22(16)25)33-15-19(31)13-29-8-6-17(7-9-29)28-12-18(30)14-32-21-3-5-23(26)24(27)11-21;15-13-2-1-12(7-14(13)16)20-9-11(19)8-18-5-3-10(17)4-6-18;10-8-2-1-6(3-9(8)11)12-4-7-5-13-7;7-5-2-1-4(9)3-6(5)8;6-5-1-3-7-4-2-5;4-1-3-2-5-3/h2-5,10-11,17-19,28,30-31H,6-9,12-15H2,1H3;1-2,7,10-11,19H,3-6,8-9,17H2;1-3,7H,4-5H2;1-3,9H;5,7H,1-4,6H2;3H,1-2H2/t18-,19-;11-;7-;;;3-/m001..1/s1. The lowest BCUT2D eigenvalue weighted by Gasteiger charge is -2.33. The van der Waals surface area contributed by atoms with Gasteiger partial charge < -0.3 is 80.7 Å². The number of rotatable bonds is 20. The van der Waals surface area contributed by atoms with Crippen molar-refractivity contribution in [1.29, 1.82) is 0 Å². The number of β-amino-alcohol motifs (C(OH)–C–C–N with tert-alkyl or cyclic N) is 2. The van der Waals surface area contributed by atoms with Crippen molar-refractivity contribution in [3.05, 3.63) is 142 Å². The Hall–Kier alpha value is -2.44. The number of aliphatic hydroxyl groups is 3. The van der Waals surface area contributed by atoms with Crippen LogP contribution in [0.2, 0.25) is 45.2 Å². The van der Waals surface area contributed by atoms with Gasteiger partial charge >= 0.3 is 0 Å². The minimum atomic E-state index is -0.632. The highest BCUT2D eigenvalue weighted by molar-refractivity contribution is 6.43. The predicted molar refractivity (Wildman–Crippen MR) is 355 cm³/mol. The van der Waals surface area contributed by atoms with Gasteiger partial charge in [-0.3, -0.25) is 0 Å². The van der Waals surface area contributed by atoms with Gasteiger partial charge in [-0.25, -0.2) is 0 Å². The highest BCUT2D eigenvalue weighted by Crippen LogP contribution is 2.30. The summed E-state index contributed by atoms with van der Waals surface area (Å²) < 4.78 is 31.9. The number of phenolic OH excluding ortho intramolecular Hbond substituents is 1. The number of phenols is 1. The largest absolute Gasteiger partial charge is 0.508 e. The molecule has 0 amide bonds. The second-order valence-electron chi connectivity index (χ2n) is 21.2. The zero-order valence-corrected chi connectivity index (χ0v) is 56.0. The smallest absolute Gasteiger partial charge is 0.121 e. The van der Waals surface area contributed by atoms with E-state index in [1.807, 2.05) is 19.1 Å². The van der Waals surface area contributed by atoms with Gasteiger partial charge in [-0.2, -0.15) is 0 Å². The molecule has 484 valence electrons. The zero-order chi connectivity index (χ0) is 63.3. The number of hydrogen-bond acceptors (Lipinski definition) is 16. The van der Waals surface area contributed by atoms with E-state index < -0.39 is 18.3 Å². The summed E-state index contributed by atoms with van der Waals surface area (Å²) in [7, 11) is 0. The van der Waals surface area contributed by atoms with Gasteiger partial charge in [0.1, 0.15) is 79.6 Å². The van der Waals surface area contributed by atoms with Gasteiger partial charge in [-0.05, 0) is 163 Å². The first-order chi connectivity index (χ1) is 41.6. The minimum absolute atomic E-state index is 0.129. The van der Waals surface area contributed by atoms with Crippen LogP contribution in [0.5, 0.6) is 28.7 Å². The van der Waals surface area contributed by atoms with E-state index in [9.17, 15) is 15.3 Å². The maximum Gasteiger partial charge on any atom is 0.121 e. The summed E-state index contributed by atoms with van der Waals surface area (Å²) in [6.07, 6.45) is 5.11. The van der Waals surface area contributed by atoms with E-state index >= 15 is 0 Å². The molecule has 0 radical (unpaired) electrons. The van der Waals surface area contributed by atoms with Crippen molar-refractivity contribution in [1.82, 2.24) is 20.4 Å². The number of nitrogens with one attached hydrogen (secondary N) is 2. The Labute approximate surface area is 561 Å². The normalized spacial score (nSPS) is 18.8. The molecule has 10 N–H and O–H groups in total. The summed E-state index contributed by atoms with van der Waals surface area (Å²) >= 11 is 57.5. The van der Waals surface area contributed by atoms with Gasteiger partial charge in [0.05, 0.1) is 65.4 Å². The third kappa shape index (κ3) is 32.1. The van der Waals surface area contributed by atoms with Gasteiger partial charge in [-0.1, -0.05) is 104 Å². The Morgan fingerprint density at radius 3 is 1.29 bits per heavy atom. The first-order valence-corrected chi connectivity index (χ1v) is 32.6. The minimum Gasteiger partial charge on any atom is -0.508 e. The van der Waals surface area contributed by atoms with Crippen molar-refractivity contribution >= 4 is 116 Å². The van der Waals surface area contributed by atoms with Crippen molar-refractivity contribution in [3.8, 4) is 28.7 Å². The number of aryl methyl sites for hydroxylation is 1. The molecule has 0 saturated carbocycles. The molecule has 10 rings (SSSR count). The van der Waals surface area contributed by atoms with Gasteiger partial charge in [0.25, 0.3) is 0 Å². The van der Waals surface area contributed by atoms with Crippen LogP contribution in [0.4, 0.5) is 0 Å². The third-order valence-corrected chi connectivity index (χ3v) is 17.4. The van der Waals surface area contributed by atoms with Gasteiger partial charge in [-0.15, -0.1) is 11.6 Å². The van der Waals surface area contributed by atoms with Crippen LogP contribution in [-0.2, 0) is 9.47 Å². The maximum absolute atomic E-state index is 10.3. The molecule has 5 fully saturated rings. The maximum atomic E-state index is 10.3. The molecule has 87 heavy (non-hydrogen) atoms. The van der Waals surface area contributed by atoms with Crippen molar-refractivity contribution in [2.45, 2.75) is 94.1 Å². The first-order valence-electron chi connectivity index (χ1n) is 28.6. The molecule has 5 atom stereocenters. The summed E-state index contributed by atoms with van der Waals surface area (Å²) in [5.74, 6) is 3.42. The fourth-order valence-electron chi connectivity index (χ4n) is 8.34. The van der Waals surface area contributed by atoms with E-state index in [-0.39, 0.29) is 31.7 Å². The van der Waals surface area contributed by atoms with Gasteiger partial charge in [0.2, 0.25) is 0 Å². The summed E-state index contributed by atoms with van der Waals surface area (Å²) in [5.41, 5.74) is 12.4. The molecule has 5 heterocycles. The molecule has 5 aliphatic rings. The predicted octanol–water partition coefficient (Wildman–Crippen LogP) is 12.1. The highest BCUT2D eigenvalue weighted by Gasteiger charge is 2.25. The average molecular weight is 1410 g/mol. The van der Waals surface area contributed by atoms with Crippen molar-refractivity contribution in [3.63, 3.8) is 0 Å². The Bertz CT molecular complexity index is 2760. The third-order valence-electron chi connectivity index (χ3n) is 13.6. The second kappa shape index (κ2) is 41.2. The van der Waals surface area contributed by atoms with Crippen LogP contribution in [0, 0.1) is 6.92 Å². The zero-order valence-electron chi connectivity index (χ0n) is 48.4. The number of alkyl halides is 1. The molecule has 5 aliphatic heterocycles. The number of likely N-dealkylation sites (tertiary alicyclic amines) is 2. The molecule has 0 spiro atoms. The van der Waals surface area contributed by atoms with Crippen molar-refractivity contribution in [2.24, 2.45) is 11.5 Å². The molecule has 5 aromatic carbocycles. The molecule has 5 aromatic rings. The highest BCUT2D eigenvalue weighted by atomic mass is 35.5. The molecule has 0 aromatic heterocycles. The molecular weight excluding hydrogens is 1330 g/mol. The monoisotopic (exact) mass is 1410 g/mol. The van der Waals surface area contributed by atoms with E-state index in [2.05, 4.69) is 20.4 Å². The molecular formula is C61H80Cl10N6O10. The number of epoxide rings is 2. The van der Waals surface area contributed by atoms with Crippen molar-refractivity contribution in [2.75, 3.05) is 104 Å². The Balaban J connectivity index is 0.000000215. The van der Waals surface area contributed by atoms with Crippen molar-refractivity contribution < 1.29 is 48.8 Å². The lowest BCUT2D eigenvalue weighted by molar-refractivity contribution is 0.0556. The molecule has 26 heteroatoms. The number of nitrogens with two attached hydrogens (primary N) is 2. The Morgan fingerprint density at radius 2 is 0.908 bits per heavy atom. The van der Waals surface area contributed by atoms with Crippen LogP contribution in [0.25, 0.3) is 0 Å². The second-order valence-corrected chi connectivity index (χ2v) is 25.2. The SMILES string of the molecule is Cc1cc(OC[C@@H](O)CN2CCC(NC[C@H](O)COc3ccc(Cl)c(Cl)c3)CC2)ccc1Cl.ClC[C@@H]1CO1.Clc1ccc(OC[C@@H]2CO2)cc1Cl.NC1CCN(C[C@H](O)COc2ccc(Cl)c(Cl)c2)CC1.NC1CCNCC1.Oc1ccc(Cl)c(Cl)c1. The van der Waals surface area contributed by atoms with Gasteiger partial charge in [0, 0.05) is 61.0 Å². The Morgan fingerprint density at radius 1 is 0.517 bits per heavy atom. The topological polar surface area (TPSA) is 225 Å². The quantitative estimate of drug-likeness (QED) is 0.0268. The number of ether oxygens (including phenoxy) is 6. The fraction of sp³-hybridized carbons (Fsp3) is 0.508. The van der Waals surface area contributed by atoms with Crippen LogP contribution in [0.1, 0.15) is 44.1 Å². The van der Waals surface area contributed by atoms with Crippen LogP contribution in [0.3, 0.4) is 0 Å². The number of benzene rings is 5. The molecule has 16 nitrogen and oxygen atoms in total. The van der Waals surface area contributed by atoms with Crippen LogP contribution >= 0.6 is 116 Å². The number of hydrogen-bond donors (Lipinski definition) is 8. The van der Waals surface area contributed by atoms with E-state index in [4.69, 9.17) is 161 Å². The molecule has 0 bridgehead atoms. The van der Waals surface area contributed by atoms with Crippen LogP contribution in [-0.4, -0.2) is 183 Å². The van der Waals surface area contributed by atoms with E-state index in [0.29, 0.717) is 119 Å². The Kier molecular flexibility index (Phi) is 35.7. The van der Waals surface area contributed by atoms with Crippen LogP contribution < -0.4 is 41.0 Å². The molecule has 5 saturated heterocycles. The fourth-order valence-corrected chi connectivity index (χ4v) is 9.79. The number of nitrogens with zero attached hydrogens (tertiary/aromatic N) is 2. The average Bonchev–Trinajstić information content (AvgIpc) is 4.55. The van der Waals surface area contributed by atoms with E-state index in [1.54, 1.807) is 66.7 Å². The first kappa shape index (κ1) is 75.3. The summed E-state index contributed by atoms with van der Waals surface area (Å²) in [6.45, 7) is 12.3.